The van der Waals surface area contributed by atoms with E-state index in [1.165, 1.54) is 5.56 Å². The lowest BCUT2D eigenvalue weighted by atomic mass is 10.0. The summed E-state index contributed by atoms with van der Waals surface area (Å²) in [5.41, 5.74) is 8.24. The Morgan fingerprint density at radius 1 is 1.36 bits per heavy atom. The van der Waals surface area contributed by atoms with Gasteiger partial charge in [0.2, 0.25) is 0 Å². The number of hydrogen-bond donors (Lipinski definition) is 1. The third-order valence-electron chi connectivity index (χ3n) is 4.30. The van der Waals surface area contributed by atoms with Crippen LogP contribution in [0.1, 0.15) is 50.7 Å². The average Bonchev–Trinajstić information content (AvgIpc) is 2.48. The Bertz CT molecular complexity index is 528. The lowest BCUT2D eigenvalue weighted by Gasteiger charge is -2.32. The summed E-state index contributed by atoms with van der Waals surface area (Å²) in [5, 5.41) is 0. The van der Waals surface area contributed by atoms with Gasteiger partial charge in [0, 0.05) is 19.1 Å². The van der Waals surface area contributed by atoms with E-state index >= 15 is 0 Å². The van der Waals surface area contributed by atoms with Gasteiger partial charge in [-0.2, -0.15) is 0 Å². The number of benzene rings is 1. The van der Waals surface area contributed by atoms with E-state index in [2.05, 4.69) is 26.0 Å². The molecule has 0 aromatic heterocycles. The van der Waals surface area contributed by atoms with Gasteiger partial charge in [-0.3, -0.25) is 4.79 Å². The molecule has 122 valence electrons. The highest BCUT2D eigenvalue weighted by molar-refractivity contribution is 5.81. The summed E-state index contributed by atoms with van der Waals surface area (Å²) < 4.78 is 5.95. The van der Waals surface area contributed by atoms with Crippen molar-refractivity contribution in [1.82, 2.24) is 4.90 Å². The van der Waals surface area contributed by atoms with Gasteiger partial charge in [-0.05, 0) is 49.8 Å². The predicted molar refractivity (Wildman–Crippen MR) is 89.1 cm³/mol. The molecule has 0 radical (unpaired) electrons. The van der Waals surface area contributed by atoms with Crippen molar-refractivity contribution in [2.24, 2.45) is 5.73 Å². The molecule has 4 heteroatoms. The molecular formula is C18H28N2O2. The topological polar surface area (TPSA) is 55.6 Å². The van der Waals surface area contributed by atoms with Crippen LogP contribution < -0.4 is 10.5 Å². The van der Waals surface area contributed by atoms with Gasteiger partial charge in [0.15, 0.2) is 6.10 Å². The van der Waals surface area contributed by atoms with E-state index in [4.69, 9.17) is 10.5 Å². The van der Waals surface area contributed by atoms with E-state index in [1.807, 2.05) is 24.8 Å². The molecule has 4 nitrogen and oxygen atoms in total. The summed E-state index contributed by atoms with van der Waals surface area (Å²) in [7, 11) is 0. The lowest BCUT2D eigenvalue weighted by Crippen LogP contribution is -2.49. The molecule has 0 bridgehead atoms. The van der Waals surface area contributed by atoms with Crippen LogP contribution in [0.4, 0.5) is 0 Å². The van der Waals surface area contributed by atoms with Crippen LogP contribution in [-0.2, 0) is 4.79 Å². The number of rotatable bonds is 4. The number of carbonyl (C=O) groups is 1. The van der Waals surface area contributed by atoms with Crippen LogP contribution in [-0.4, -0.2) is 36.0 Å². The summed E-state index contributed by atoms with van der Waals surface area (Å²) in [4.78, 5) is 14.4. The zero-order valence-corrected chi connectivity index (χ0v) is 14.1. The minimum absolute atomic E-state index is 0.0319. The molecule has 2 N–H and O–H groups in total. The Hall–Kier alpha value is -1.55. The second kappa shape index (κ2) is 7.14. The highest BCUT2D eigenvalue weighted by atomic mass is 16.5. The molecule has 1 aromatic rings. The van der Waals surface area contributed by atoms with E-state index in [0.717, 1.165) is 30.7 Å². The largest absolute Gasteiger partial charge is 0.481 e. The second-order valence-electron chi connectivity index (χ2n) is 6.63. The molecule has 2 rings (SSSR count). The van der Waals surface area contributed by atoms with Crippen LogP contribution in [0.5, 0.6) is 5.75 Å². The summed E-state index contributed by atoms with van der Waals surface area (Å²) >= 11 is 0. The van der Waals surface area contributed by atoms with Crippen LogP contribution >= 0.6 is 0 Å². The van der Waals surface area contributed by atoms with Crippen molar-refractivity contribution in [3.05, 3.63) is 29.3 Å². The number of carbonyl (C=O) groups excluding carboxylic acids is 1. The molecule has 0 saturated carbocycles. The number of nitrogens with two attached hydrogens (primary N) is 1. The van der Waals surface area contributed by atoms with Crippen molar-refractivity contribution in [3.8, 4) is 5.75 Å². The number of aryl methyl sites for hydroxylation is 1. The predicted octanol–water partition coefficient (Wildman–Crippen LogP) is 2.84. The van der Waals surface area contributed by atoms with E-state index in [0.29, 0.717) is 12.5 Å². The highest BCUT2D eigenvalue weighted by Gasteiger charge is 2.26. The average molecular weight is 304 g/mol. The van der Waals surface area contributed by atoms with Gasteiger partial charge < -0.3 is 15.4 Å². The highest BCUT2D eigenvalue weighted by Crippen LogP contribution is 2.25. The van der Waals surface area contributed by atoms with Gasteiger partial charge in [0.1, 0.15) is 5.75 Å². The molecule has 2 unspecified atom stereocenters. The number of hydrogen-bond acceptors (Lipinski definition) is 3. The third-order valence-corrected chi connectivity index (χ3v) is 4.30. The first-order valence-corrected chi connectivity index (χ1v) is 8.20. The zero-order valence-electron chi connectivity index (χ0n) is 14.1. The first-order valence-electron chi connectivity index (χ1n) is 8.20. The smallest absolute Gasteiger partial charge is 0.263 e. The number of nitrogens with zero attached hydrogens (tertiary/aromatic N) is 1. The van der Waals surface area contributed by atoms with Crippen LogP contribution in [0, 0.1) is 6.92 Å². The Morgan fingerprint density at radius 3 is 2.73 bits per heavy atom. The van der Waals surface area contributed by atoms with Gasteiger partial charge in [-0.15, -0.1) is 0 Å². The molecule has 1 fully saturated rings. The number of ether oxygens (including phenoxy) is 1. The Kier molecular flexibility index (Phi) is 5.46. The molecule has 0 spiro atoms. The molecule has 1 amide bonds. The van der Waals surface area contributed by atoms with Gasteiger partial charge in [-0.1, -0.05) is 26.0 Å². The molecule has 1 heterocycles. The Morgan fingerprint density at radius 2 is 2.09 bits per heavy atom. The SMILES string of the molecule is Cc1ccc(C(C)C)cc1OC(C)C(=O)N1CCCC(N)C1. The van der Waals surface area contributed by atoms with Gasteiger partial charge >= 0.3 is 0 Å². The fourth-order valence-corrected chi connectivity index (χ4v) is 2.81. The van der Waals surface area contributed by atoms with Crippen LogP contribution in [0.15, 0.2) is 18.2 Å². The van der Waals surface area contributed by atoms with Gasteiger partial charge in [-0.25, -0.2) is 0 Å². The quantitative estimate of drug-likeness (QED) is 0.930. The lowest BCUT2D eigenvalue weighted by molar-refractivity contribution is -0.139. The van der Waals surface area contributed by atoms with Gasteiger partial charge in [0.05, 0.1) is 0 Å². The summed E-state index contributed by atoms with van der Waals surface area (Å²) in [6, 6.07) is 6.31. The fraction of sp³-hybridized carbons (Fsp3) is 0.611. The minimum Gasteiger partial charge on any atom is -0.481 e. The van der Waals surface area contributed by atoms with E-state index in [1.54, 1.807) is 0 Å². The van der Waals surface area contributed by atoms with Crippen molar-refractivity contribution in [3.63, 3.8) is 0 Å². The fourth-order valence-electron chi connectivity index (χ4n) is 2.81. The molecule has 1 saturated heterocycles. The summed E-state index contributed by atoms with van der Waals surface area (Å²) in [6.07, 6.45) is 1.49. The van der Waals surface area contributed by atoms with Crippen LogP contribution in [0.2, 0.25) is 0 Å². The molecule has 0 aliphatic carbocycles. The van der Waals surface area contributed by atoms with Crippen molar-refractivity contribution in [1.29, 1.82) is 0 Å². The van der Waals surface area contributed by atoms with E-state index < -0.39 is 6.10 Å². The zero-order chi connectivity index (χ0) is 16.3. The number of piperidine rings is 1. The molecule has 2 atom stereocenters. The molecule has 22 heavy (non-hydrogen) atoms. The Balaban J connectivity index is 2.06. The standard InChI is InChI=1S/C18H28N2O2/c1-12(2)15-8-7-13(3)17(10-15)22-14(4)18(21)20-9-5-6-16(19)11-20/h7-8,10,12,14,16H,5-6,9,11,19H2,1-4H3. The summed E-state index contributed by atoms with van der Waals surface area (Å²) in [5.74, 6) is 1.27. The van der Waals surface area contributed by atoms with Crippen LogP contribution in [0.3, 0.4) is 0 Å². The van der Waals surface area contributed by atoms with Crippen molar-refractivity contribution in [2.75, 3.05) is 13.1 Å². The first kappa shape index (κ1) is 16.8. The van der Waals surface area contributed by atoms with E-state index in [-0.39, 0.29) is 11.9 Å². The summed E-state index contributed by atoms with van der Waals surface area (Å²) in [6.45, 7) is 9.55. The Labute approximate surface area is 133 Å². The van der Waals surface area contributed by atoms with Gasteiger partial charge in [0.25, 0.3) is 5.91 Å². The van der Waals surface area contributed by atoms with Crippen molar-refractivity contribution >= 4 is 5.91 Å². The molecule has 1 aliphatic heterocycles. The number of amides is 1. The maximum Gasteiger partial charge on any atom is 0.263 e. The minimum atomic E-state index is -0.480. The normalized spacial score (nSPS) is 20.1. The van der Waals surface area contributed by atoms with Crippen molar-refractivity contribution in [2.45, 2.75) is 58.6 Å². The number of likely N-dealkylation sites (tertiary alicyclic amines) is 1. The second-order valence-corrected chi connectivity index (χ2v) is 6.63. The van der Waals surface area contributed by atoms with Crippen LogP contribution in [0.25, 0.3) is 0 Å². The molecular weight excluding hydrogens is 276 g/mol. The maximum atomic E-state index is 12.5. The molecule has 1 aromatic carbocycles. The monoisotopic (exact) mass is 304 g/mol. The third kappa shape index (κ3) is 4.01. The molecule has 1 aliphatic rings. The first-order chi connectivity index (χ1) is 10.4. The van der Waals surface area contributed by atoms with E-state index in [9.17, 15) is 4.79 Å². The van der Waals surface area contributed by atoms with Crippen molar-refractivity contribution < 1.29 is 9.53 Å². The maximum absolute atomic E-state index is 12.5.